The number of aryl methyl sites for hydroxylation is 2. The van der Waals surface area contributed by atoms with Crippen molar-refractivity contribution in [2.45, 2.75) is 19.9 Å². The van der Waals surface area contributed by atoms with Gasteiger partial charge in [0.05, 0.1) is 17.7 Å². The summed E-state index contributed by atoms with van der Waals surface area (Å²) in [6, 6.07) is 3.99. The molecular formula is C13H13ClN4S. The van der Waals surface area contributed by atoms with Crippen LogP contribution in [0.4, 0.5) is 0 Å². The average Bonchev–Trinajstić information content (AvgIpc) is 3.00. The second-order valence-corrected chi connectivity index (χ2v) is 5.42. The highest BCUT2D eigenvalue weighted by molar-refractivity contribution is 7.07. The van der Waals surface area contributed by atoms with Gasteiger partial charge in [-0.15, -0.1) is 22.9 Å². The third-order valence-electron chi connectivity index (χ3n) is 2.93. The van der Waals surface area contributed by atoms with Gasteiger partial charge in [0.1, 0.15) is 11.3 Å². The van der Waals surface area contributed by atoms with Gasteiger partial charge < -0.3 is 4.57 Å². The number of imidazole rings is 1. The van der Waals surface area contributed by atoms with Gasteiger partial charge in [-0.1, -0.05) is 0 Å². The predicted octanol–water partition coefficient (Wildman–Crippen LogP) is 3.03. The van der Waals surface area contributed by atoms with Crippen LogP contribution in [0.3, 0.4) is 0 Å². The van der Waals surface area contributed by atoms with Gasteiger partial charge in [0.25, 0.3) is 0 Å². The van der Waals surface area contributed by atoms with Crippen molar-refractivity contribution in [3.8, 4) is 0 Å². The zero-order chi connectivity index (χ0) is 13.2. The number of pyridine rings is 1. The maximum atomic E-state index is 5.86. The molecular weight excluding hydrogens is 280 g/mol. The third kappa shape index (κ3) is 2.48. The quantitative estimate of drug-likeness (QED) is 0.694. The van der Waals surface area contributed by atoms with Gasteiger partial charge in [0.2, 0.25) is 0 Å². The Hall–Kier alpha value is -1.46. The molecule has 19 heavy (non-hydrogen) atoms. The number of halogens is 1. The monoisotopic (exact) mass is 292 g/mol. The van der Waals surface area contributed by atoms with Crippen LogP contribution in [0.15, 0.2) is 23.0 Å². The minimum Gasteiger partial charge on any atom is -0.307 e. The van der Waals surface area contributed by atoms with Crippen LogP contribution in [0, 0.1) is 6.92 Å². The largest absolute Gasteiger partial charge is 0.307 e. The lowest BCUT2D eigenvalue weighted by molar-refractivity contribution is 0.734. The van der Waals surface area contributed by atoms with Crippen molar-refractivity contribution in [1.82, 2.24) is 19.5 Å². The fourth-order valence-electron chi connectivity index (χ4n) is 2.06. The molecule has 0 spiro atoms. The maximum Gasteiger partial charge on any atom is 0.160 e. The van der Waals surface area contributed by atoms with E-state index in [4.69, 9.17) is 11.6 Å². The van der Waals surface area contributed by atoms with E-state index in [2.05, 4.69) is 19.5 Å². The second-order valence-electron chi connectivity index (χ2n) is 4.33. The van der Waals surface area contributed by atoms with Gasteiger partial charge in [0, 0.05) is 23.4 Å². The van der Waals surface area contributed by atoms with E-state index in [0.717, 1.165) is 34.8 Å². The lowest BCUT2D eigenvalue weighted by atomic mass is 10.3. The summed E-state index contributed by atoms with van der Waals surface area (Å²) in [7, 11) is 0. The van der Waals surface area contributed by atoms with Crippen LogP contribution in [0.25, 0.3) is 11.2 Å². The predicted molar refractivity (Wildman–Crippen MR) is 77.9 cm³/mol. The molecule has 0 N–H and O–H groups in total. The zero-order valence-corrected chi connectivity index (χ0v) is 12.1. The van der Waals surface area contributed by atoms with Crippen LogP contribution >= 0.6 is 22.9 Å². The molecule has 3 aromatic heterocycles. The first-order valence-corrected chi connectivity index (χ1v) is 7.51. The summed E-state index contributed by atoms with van der Waals surface area (Å²) >= 11 is 7.46. The van der Waals surface area contributed by atoms with Crippen molar-refractivity contribution in [3.63, 3.8) is 0 Å². The van der Waals surface area contributed by atoms with Gasteiger partial charge in [-0.25, -0.2) is 15.0 Å². The number of aromatic nitrogens is 4. The first kappa shape index (κ1) is 12.6. The molecule has 0 bridgehead atoms. The van der Waals surface area contributed by atoms with Crippen LogP contribution in [0.1, 0.15) is 17.2 Å². The summed E-state index contributed by atoms with van der Waals surface area (Å²) in [5, 5.41) is 2.05. The molecule has 6 heteroatoms. The van der Waals surface area contributed by atoms with Crippen molar-refractivity contribution in [2.24, 2.45) is 0 Å². The van der Waals surface area contributed by atoms with Crippen molar-refractivity contribution >= 4 is 34.1 Å². The van der Waals surface area contributed by atoms with E-state index < -0.39 is 0 Å². The van der Waals surface area contributed by atoms with E-state index in [-0.39, 0.29) is 0 Å². The number of hydrogen-bond donors (Lipinski definition) is 0. The van der Waals surface area contributed by atoms with Gasteiger partial charge in [-0.2, -0.15) is 0 Å². The van der Waals surface area contributed by atoms with Crippen LogP contribution in [0.5, 0.6) is 0 Å². The molecule has 0 saturated heterocycles. The molecule has 0 aliphatic heterocycles. The first-order chi connectivity index (χ1) is 9.28. The van der Waals surface area contributed by atoms with Crippen molar-refractivity contribution < 1.29 is 0 Å². The Morgan fingerprint density at radius 1 is 1.32 bits per heavy atom. The minimum atomic E-state index is 0.555. The second kappa shape index (κ2) is 5.27. The lowest BCUT2D eigenvalue weighted by Crippen LogP contribution is -2.07. The molecule has 0 aromatic carbocycles. The van der Waals surface area contributed by atoms with E-state index in [0.29, 0.717) is 12.4 Å². The fourth-order valence-corrected chi connectivity index (χ4v) is 2.78. The van der Waals surface area contributed by atoms with Crippen LogP contribution in [0.2, 0.25) is 0 Å². The molecule has 0 aliphatic carbocycles. The molecule has 0 atom stereocenters. The number of hydrogen-bond acceptors (Lipinski definition) is 4. The lowest BCUT2D eigenvalue weighted by Gasteiger charge is -2.06. The standard InChI is InChI=1S/C13H13ClN4S/c1-9-2-3-11-13(16-9)18(12(17-11)4-5-14)6-10-7-19-8-15-10/h2-3,7-8H,4-6H2,1H3. The van der Waals surface area contributed by atoms with Crippen LogP contribution < -0.4 is 0 Å². The molecule has 0 unspecified atom stereocenters. The number of alkyl halides is 1. The molecule has 98 valence electrons. The van der Waals surface area contributed by atoms with Gasteiger partial charge in [-0.05, 0) is 19.1 Å². The summed E-state index contributed by atoms with van der Waals surface area (Å²) < 4.78 is 2.11. The van der Waals surface area contributed by atoms with E-state index >= 15 is 0 Å². The SMILES string of the molecule is Cc1ccc2nc(CCCl)n(Cc3cscn3)c2n1. The fraction of sp³-hybridized carbons (Fsp3) is 0.308. The van der Waals surface area contributed by atoms with E-state index in [9.17, 15) is 0 Å². The normalized spacial score (nSPS) is 11.3. The molecule has 0 fully saturated rings. The molecule has 3 aromatic rings. The Balaban J connectivity index is 2.12. The summed E-state index contributed by atoms with van der Waals surface area (Å²) in [6.45, 7) is 2.68. The number of rotatable bonds is 4. The summed E-state index contributed by atoms with van der Waals surface area (Å²) in [6.07, 6.45) is 0.737. The smallest absolute Gasteiger partial charge is 0.160 e. The van der Waals surface area contributed by atoms with Gasteiger partial charge in [0.15, 0.2) is 5.65 Å². The highest BCUT2D eigenvalue weighted by Crippen LogP contribution is 2.17. The first-order valence-electron chi connectivity index (χ1n) is 6.03. The summed E-state index contributed by atoms with van der Waals surface area (Å²) in [5.41, 5.74) is 5.69. The van der Waals surface area contributed by atoms with E-state index in [1.165, 1.54) is 0 Å². The van der Waals surface area contributed by atoms with E-state index in [1.807, 2.05) is 29.9 Å². The topological polar surface area (TPSA) is 43.6 Å². The van der Waals surface area contributed by atoms with Crippen molar-refractivity contribution in [3.05, 3.63) is 40.2 Å². The molecule has 3 rings (SSSR count). The molecule has 0 saturated carbocycles. The molecule has 0 aliphatic rings. The number of thiazole rings is 1. The maximum absolute atomic E-state index is 5.86. The molecule has 4 nitrogen and oxygen atoms in total. The Morgan fingerprint density at radius 2 is 2.21 bits per heavy atom. The Bertz CT molecular complexity index is 690. The highest BCUT2D eigenvalue weighted by Gasteiger charge is 2.12. The molecule has 0 amide bonds. The van der Waals surface area contributed by atoms with Gasteiger partial charge >= 0.3 is 0 Å². The molecule has 3 heterocycles. The number of fused-ring (bicyclic) bond motifs is 1. The van der Waals surface area contributed by atoms with Crippen LogP contribution in [-0.4, -0.2) is 25.4 Å². The van der Waals surface area contributed by atoms with Crippen molar-refractivity contribution in [1.29, 1.82) is 0 Å². The summed E-state index contributed by atoms with van der Waals surface area (Å²) in [5.74, 6) is 1.52. The third-order valence-corrected chi connectivity index (χ3v) is 3.76. The summed E-state index contributed by atoms with van der Waals surface area (Å²) in [4.78, 5) is 13.5. The Morgan fingerprint density at radius 3 is 2.95 bits per heavy atom. The van der Waals surface area contributed by atoms with Crippen LogP contribution in [-0.2, 0) is 13.0 Å². The zero-order valence-electron chi connectivity index (χ0n) is 10.5. The Labute approximate surface area is 120 Å². The van der Waals surface area contributed by atoms with E-state index in [1.54, 1.807) is 11.3 Å². The number of nitrogens with zero attached hydrogens (tertiary/aromatic N) is 4. The molecule has 0 radical (unpaired) electrons. The Kier molecular flexibility index (Phi) is 3.48. The average molecular weight is 293 g/mol. The van der Waals surface area contributed by atoms with Crippen molar-refractivity contribution in [2.75, 3.05) is 5.88 Å². The minimum absolute atomic E-state index is 0.555. The highest BCUT2D eigenvalue weighted by atomic mass is 35.5. The van der Waals surface area contributed by atoms with Gasteiger partial charge in [-0.3, -0.25) is 0 Å².